The fourth-order valence-electron chi connectivity index (χ4n) is 2.64. The summed E-state index contributed by atoms with van der Waals surface area (Å²) >= 11 is 0. The summed E-state index contributed by atoms with van der Waals surface area (Å²) in [5.41, 5.74) is 0.400. The first-order chi connectivity index (χ1) is 17.9. The molecular weight excluding hydrogens is 494 g/mol. The van der Waals surface area contributed by atoms with Crippen LogP contribution in [0.15, 0.2) is 18.2 Å². The number of likely N-dealkylation sites (N-methyl/N-ethyl adjacent to an activating group) is 1. The minimum Gasteiger partial charge on any atom is -0.480 e. The van der Waals surface area contributed by atoms with E-state index in [9.17, 15) is 28.8 Å². The van der Waals surface area contributed by atoms with E-state index >= 15 is 0 Å². The summed E-state index contributed by atoms with van der Waals surface area (Å²) in [6.07, 6.45) is 0.0275. The van der Waals surface area contributed by atoms with Gasteiger partial charge in [-0.3, -0.25) is 28.8 Å². The molecule has 0 saturated carbocycles. The number of ketones is 2. The van der Waals surface area contributed by atoms with Crippen LogP contribution in [0, 0.1) is 5.92 Å². The monoisotopic (exact) mass is 537 g/mol. The number of aliphatic carboxylic acids is 1. The molecule has 0 heterocycles. The first-order valence-electron chi connectivity index (χ1n) is 12.7. The van der Waals surface area contributed by atoms with Crippen molar-refractivity contribution in [2.45, 2.75) is 61.3 Å². The summed E-state index contributed by atoms with van der Waals surface area (Å²) in [4.78, 5) is 71.8. The van der Waals surface area contributed by atoms with Crippen molar-refractivity contribution in [3.8, 4) is 0 Å². The Morgan fingerprint density at radius 1 is 0.921 bits per heavy atom. The molecular formula is C27H43N3O8. The summed E-state index contributed by atoms with van der Waals surface area (Å²) in [7, 11) is 1.54. The van der Waals surface area contributed by atoms with Crippen LogP contribution in [0.5, 0.6) is 0 Å². The maximum absolute atomic E-state index is 12.2. The minimum atomic E-state index is -1.22. The number of nitrogens with zero attached hydrogens (tertiary/aromatic N) is 1. The number of hydrogen-bond acceptors (Lipinski definition) is 7. The van der Waals surface area contributed by atoms with E-state index in [1.807, 2.05) is 27.7 Å². The lowest BCUT2D eigenvalue weighted by Gasteiger charge is -2.17. The fraction of sp³-hybridized carbons (Fsp3) is 0.556. The highest BCUT2D eigenvalue weighted by atomic mass is 16.5. The summed E-state index contributed by atoms with van der Waals surface area (Å²) in [6.45, 7) is 12.4. The van der Waals surface area contributed by atoms with Gasteiger partial charge in [0.15, 0.2) is 11.6 Å². The quantitative estimate of drug-likeness (QED) is 0.241. The molecule has 0 aliphatic heterocycles. The second-order valence-corrected chi connectivity index (χ2v) is 7.96. The SMILES string of the molecule is CC.CC.CC(=O)c1cc(NC(=O)CCOCCC(=O)N(C)CC(=O)C(C)C)cc(C(=O)NCC(=O)O)c1. The average molecular weight is 538 g/mol. The van der Waals surface area contributed by atoms with Crippen LogP contribution < -0.4 is 10.6 Å². The maximum atomic E-state index is 12.2. The molecule has 0 aliphatic rings. The van der Waals surface area contributed by atoms with Crippen LogP contribution in [-0.2, 0) is 23.9 Å². The fourth-order valence-corrected chi connectivity index (χ4v) is 2.64. The number of nitrogens with one attached hydrogen (secondary N) is 2. The smallest absolute Gasteiger partial charge is 0.322 e. The number of carbonyl (C=O) groups is 6. The normalized spacial score (nSPS) is 9.71. The molecule has 0 saturated heterocycles. The molecule has 11 heteroatoms. The third-order valence-electron chi connectivity index (χ3n) is 4.68. The van der Waals surface area contributed by atoms with Crippen LogP contribution in [0.4, 0.5) is 5.69 Å². The Hall–Kier alpha value is -3.60. The molecule has 1 aromatic carbocycles. The lowest BCUT2D eigenvalue weighted by molar-refractivity contribution is -0.136. The van der Waals surface area contributed by atoms with Crippen LogP contribution in [0.3, 0.4) is 0 Å². The van der Waals surface area contributed by atoms with E-state index in [1.54, 1.807) is 20.9 Å². The van der Waals surface area contributed by atoms with Crippen molar-refractivity contribution in [1.29, 1.82) is 0 Å². The molecule has 0 spiro atoms. The number of Topliss-reactive ketones (excluding diaryl/α,β-unsaturated/α-hetero) is 2. The van der Waals surface area contributed by atoms with Crippen molar-refractivity contribution >= 4 is 40.9 Å². The molecule has 214 valence electrons. The number of ether oxygens (including phenoxy) is 1. The number of rotatable bonds is 14. The van der Waals surface area contributed by atoms with Crippen LogP contribution in [-0.4, -0.2) is 78.6 Å². The van der Waals surface area contributed by atoms with Gasteiger partial charge < -0.3 is 25.4 Å². The van der Waals surface area contributed by atoms with Gasteiger partial charge in [0.25, 0.3) is 5.91 Å². The van der Waals surface area contributed by atoms with E-state index in [0.29, 0.717) is 0 Å². The summed E-state index contributed by atoms with van der Waals surface area (Å²) in [6, 6.07) is 4.04. The van der Waals surface area contributed by atoms with E-state index in [1.165, 1.54) is 30.0 Å². The van der Waals surface area contributed by atoms with Gasteiger partial charge in [0.05, 0.1) is 32.6 Å². The van der Waals surface area contributed by atoms with Crippen LogP contribution in [0.1, 0.15) is 82.0 Å². The molecule has 1 aromatic rings. The number of carboxylic acid groups (broad SMARTS) is 1. The van der Waals surface area contributed by atoms with Crippen LogP contribution in [0.25, 0.3) is 0 Å². The number of carboxylic acids is 1. The standard InChI is InChI=1S/C23H31N3O8.2C2H6/c1-14(2)19(28)13-26(4)21(30)6-8-34-7-5-20(29)25-18-10-16(15(3)27)9-17(11-18)23(33)24-12-22(31)32;2*1-2/h9-11,14H,5-8,12-13H2,1-4H3,(H,24,33)(H,25,29)(H,31,32);2*1-2H3. The van der Waals surface area contributed by atoms with E-state index in [2.05, 4.69) is 10.6 Å². The Kier molecular flexibility index (Phi) is 19.7. The lowest BCUT2D eigenvalue weighted by atomic mass is 10.1. The Morgan fingerprint density at radius 3 is 2.00 bits per heavy atom. The number of hydrogen-bond donors (Lipinski definition) is 3. The molecule has 0 radical (unpaired) electrons. The minimum absolute atomic E-state index is 0.0269. The van der Waals surface area contributed by atoms with Gasteiger partial charge in [-0.25, -0.2) is 0 Å². The molecule has 0 aliphatic carbocycles. The van der Waals surface area contributed by atoms with Gasteiger partial charge in [-0.15, -0.1) is 0 Å². The van der Waals surface area contributed by atoms with Crippen molar-refractivity contribution in [2.75, 3.05) is 38.7 Å². The van der Waals surface area contributed by atoms with Gasteiger partial charge in [-0.2, -0.15) is 0 Å². The molecule has 3 amide bonds. The van der Waals surface area contributed by atoms with Crippen molar-refractivity contribution in [2.24, 2.45) is 5.92 Å². The number of anilines is 1. The van der Waals surface area contributed by atoms with E-state index < -0.39 is 24.3 Å². The Morgan fingerprint density at radius 2 is 1.47 bits per heavy atom. The first-order valence-corrected chi connectivity index (χ1v) is 12.7. The van der Waals surface area contributed by atoms with Crippen molar-refractivity contribution in [1.82, 2.24) is 10.2 Å². The second kappa shape index (κ2) is 20.5. The number of amides is 3. The van der Waals surface area contributed by atoms with Crippen LogP contribution in [0.2, 0.25) is 0 Å². The molecule has 0 bridgehead atoms. The van der Waals surface area contributed by atoms with Crippen molar-refractivity contribution in [3.05, 3.63) is 29.3 Å². The molecule has 0 aromatic heterocycles. The average Bonchev–Trinajstić information content (AvgIpc) is 2.88. The molecule has 38 heavy (non-hydrogen) atoms. The Labute approximate surface area is 225 Å². The predicted molar refractivity (Wildman–Crippen MR) is 145 cm³/mol. The Bertz CT molecular complexity index is 944. The maximum Gasteiger partial charge on any atom is 0.322 e. The highest BCUT2D eigenvalue weighted by Gasteiger charge is 2.16. The Balaban J connectivity index is 0. The molecule has 11 nitrogen and oxygen atoms in total. The topological polar surface area (TPSA) is 159 Å². The summed E-state index contributed by atoms with van der Waals surface area (Å²) < 4.78 is 5.33. The zero-order valence-corrected chi connectivity index (χ0v) is 23.8. The second-order valence-electron chi connectivity index (χ2n) is 7.96. The summed E-state index contributed by atoms with van der Waals surface area (Å²) in [5.74, 6) is -3.13. The molecule has 3 N–H and O–H groups in total. The zero-order chi connectivity index (χ0) is 29.8. The van der Waals surface area contributed by atoms with Gasteiger partial charge in [0.2, 0.25) is 11.8 Å². The van der Waals surface area contributed by atoms with E-state index in [-0.39, 0.29) is 72.8 Å². The lowest BCUT2D eigenvalue weighted by Crippen LogP contribution is -2.34. The van der Waals surface area contributed by atoms with Crippen LogP contribution >= 0.6 is 0 Å². The van der Waals surface area contributed by atoms with Crippen molar-refractivity contribution < 1.29 is 38.6 Å². The van der Waals surface area contributed by atoms with E-state index in [4.69, 9.17) is 9.84 Å². The number of carbonyl (C=O) groups excluding carboxylic acids is 5. The van der Waals surface area contributed by atoms with Crippen molar-refractivity contribution in [3.63, 3.8) is 0 Å². The van der Waals surface area contributed by atoms with Gasteiger partial charge in [0.1, 0.15) is 6.54 Å². The highest BCUT2D eigenvalue weighted by Crippen LogP contribution is 2.16. The third-order valence-corrected chi connectivity index (χ3v) is 4.68. The molecule has 0 unspecified atom stereocenters. The third kappa shape index (κ3) is 15.5. The predicted octanol–water partition coefficient (Wildman–Crippen LogP) is 3.17. The summed E-state index contributed by atoms with van der Waals surface area (Å²) in [5, 5.41) is 13.4. The van der Waals surface area contributed by atoms with Gasteiger partial charge in [-0.1, -0.05) is 41.5 Å². The highest BCUT2D eigenvalue weighted by molar-refractivity contribution is 6.03. The zero-order valence-electron chi connectivity index (χ0n) is 23.8. The largest absolute Gasteiger partial charge is 0.480 e. The van der Waals surface area contributed by atoms with Gasteiger partial charge in [-0.05, 0) is 25.1 Å². The molecule has 1 rings (SSSR count). The van der Waals surface area contributed by atoms with Gasteiger partial charge in [0, 0.05) is 29.8 Å². The van der Waals surface area contributed by atoms with E-state index in [0.717, 1.165) is 0 Å². The number of benzene rings is 1. The first kappa shape index (κ1) is 36.6. The molecule has 0 atom stereocenters. The van der Waals surface area contributed by atoms with Gasteiger partial charge >= 0.3 is 5.97 Å². The molecule has 0 fully saturated rings.